The van der Waals surface area contributed by atoms with Crippen LogP contribution in [-0.2, 0) is 55.8 Å². The average molecular weight is 1210 g/mol. The second kappa shape index (κ2) is 58.6. The SMILES string of the molecule is CC/C=C\C/C=C\C/C=C\C/C=C\C/C=C\C/C=C\CCC(=O)OCC(O)COP(=O)(O)OCC(O)COP(=O)(O)OCC(COC(=O)CCCCCCC/C=C\C/C=C\C/C=C\CC)OC(=O)CCCCCCCCCCCCCCC. The number of carbonyl (C=O) groups excluding carboxylic acids is 3. The molecule has 0 aromatic carbocycles. The Labute approximate surface area is 500 Å². The van der Waals surface area contributed by atoms with Crippen molar-refractivity contribution in [3.8, 4) is 0 Å². The molecule has 476 valence electrons. The highest BCUT2D eigenvalue weighted by Crippen LogP contribution is 2.45. The van der Waals surface area contributed by atoms with Gasteiger partial charge in [0.1, 0.15) is 25.4 Å². The Morgan fingerprint density at radius 3 is 1.08 bits per heavy atom. The second-order valence-corrected chi connectivity index (χ2v) is 23.4. The summed E-state index contributed by atoms with van der Waals surface area (Å²) in [6.07, 6.45) is 63.1. The van der Waals surface area contributed by atoms with Gasteiger partial charge in [0, 0.05) is 19.3 Å². The van der Waals surface area contributed by atoms with Crippen LogP contribution in [0, 0.1) is 0 Å². The van der Waals surface area contributed by atoms with Crippen LogP contribution in [0.3, 0.4) is 0 Å². The number of aliphatic hydroxyl groups excluding tert-OH is 2. The van der Waals surface area contributed by atoms with E-state index in [9.17, 15) is 43.5 Å². The lowest BCUT2D eigenvalue weighted by atomic mass is 10.0. The molecule has 5 unspecified atom stereocenters. The number of rotatable bonds is 58. The number of unbranched alkanes of at least 4 members (excludes halogenated alkanes) is 17. The van der Waals surface area contributed by atoms with Crippen molar-refractivity contribution < 1.29 is 75.8 Å². The Hall–Kier alpha value is -3.79. The quantitative estimate of drug-likeness (QED) is 0.0146. The van der Waals surface area contributed by atoms with Gasteiger partial charge in [0.05, 0.1) is 26.4 Å². The minimum Gasteiger partial charge on any atom is -0.463 e. The predicted molar refractivity (Wildman–Crippen MR) is 334 cm³/mol. The number of aliphatic hydroxyl groups is 2. The zero-order valence-electron chi connectivity index (χ0n) is 51.1. The van der Waals surface area contributed by atoms with Crippen molar-refractivity contribution in [3.05, 3.63) is 109 Å². The van der Waals surface area contributed by atoms with Gasteiger partial charge in [-0.2, -0.15) is 0 Å². The Bertz CT molecular complexity index is 1960. The van der Waals surface area contributed by atoms with Crippen LogP contribution < -0.4 is 0 Å². The largest absolute Gasteiger partial charge is 0.472 e. The number of hydrogen-bond acceptors (Lipinski definition) is 14. The van der Waals surface area contributed by atoms with Crippen molar-refractivity contribution in [3.63, 3.8) is 0 Å². The highest BCUT2D eigenvalue weighted by Gasteiger charge is 2.29. The van der Waals surface area contributed by atoms with Crippen molar-refractivity contribution in [2.75, 3.05) is 39.6 Å². The molecule has 18 heteroatoms. The third-order valence-corrected chi connectivity index (χ3v) is 14.4. The Morgan fingerprint density at radius 1 is 0.349 bits per heavy atom. The van der Waals surface area contributed by atoms with Gasteiger partial charge in [0.2, 0.25) is 0 Å². The highest BCUT2D eigenvalue weighted by molar-refractivity contribution is 7.47. The van der Waals surface area contributed by atoms with Crippen LogP contribution in [0.15, 0.2) is 109 Å². The first kappa shape index (κ1) is 79.2. The maximum Gasteiger partial charge on any atom is 0.472 e. The van der Waals surface area contributed by atoms with E-state index in [0.717, 1.165) is 109 Å². The third kappa shape index (κ3) is 59.7. The summed E-state index contributed by atoms with van der Waals surface area (Å²) in [5, 5.41) is 20.5. The summed E-state index contributed by atoms with van der Waals surface area (Å²) in [4.78, 5) is 58.1. The van der Waals surface area contributed by atoms with Gasteiger partial charge in [-0.05, 0) is 89.9 Å². The number of phosphoric ester groups is 2. The summed E-state index contributed by atoms with van der Waals surface area (Å²) >= 11 is 0. The van der Waals surface area contributed by atoms with Crippen LogP contribution in [0.2, 0.25) is 0 Å². The summed E-state index contributed by atoms with van der Waals surface area (Å²) in [5.41, 5.74) is 0. The van der Waals surface area contributed by atoms with E-state index in [1.54, 1.807) is 0 Å². The monoisotopic (exact) mass is 1210 g/mol. The molecule has 0 amide bonds. The second-order valence-electron chi connectivity index (χ2n) is 20.5. The molecular formula is C65H110O16P2. The maximum absolute atomic E-state index is 12.9. The summed E-state index contributed by atoms with van der Waals surface area (Å²) in [7, 11) is -9.79. The lowest BCUT2D eigenvalue weighted by Crippen LogP contribution is -2.30. The first-order valence-electron chi connectivity index (χ1n) is 31.2. The highest BCUT2D eigenvalue weighted by atomic mass is 31.2. The molecule has 0 aliphatic rings. The van der Waals surface area contributed by atoms with Crippen molar-refractivity contribution in [2.24, 2.45) is 0 Å². The molecule has 0 fully saturated rings. The van der Waals surface area contributed by atoms with Crippen LogP contribution in [0.5, 0.6) is 0 Å². The van der Waals surface area contributed by atoms with Crippen molar-refractivity contribution >= 4 is 33.6 Å². The standard InChI is InChI=1S/C65H110O16P2/c1-4-7-10-13-16-19-22-25-27-28-29-30-32-35-36-39-42-45-48-51-63(68)75-54-60(66)55-77-82(71,72)78-56-61(67)57-79-83(73,74)80-59-62(81-65(70)53-50-47-44-41-38-33-24-21-18-15-12-9-6-3)58-76-64(69)52-49-46-43-40-37-34-31-26-23-20-17-14-11-8-5-2/h7-8,10-11,16-17,19-20,25-27,29-31,35-36,42,45,60-62,66-67H,4-6,9,12-15,18,21-24,28,32-34,37-41,43-44,46-59H2,1-3H3,(H,71,72)(H,73,74)/b10-7-,11-8-,19-16-,20-17-,27-25-,30-29-,31-26-,36-35-,45-42-. The van der Waals surface area contributed by atoms with Gasteiger partial charge >= 0.3 is 33.6 Å². The minimum absolute atomic E-state index is 0.0582. The van der Waals surface area contributed by atoms with Crippen molar-refractivity contribution in [1.82, 2.24) is 0 Å². The molecule has 4 N–H and O–H groups in total. The normalized spacial score (nSPS) is 15.1. The number of ether oxygens (including phenoxy) is 3. The molecule has 0 rings (SSSR count). The molecule has 0 spiro atoms. The first-order chi connectivity index (χ1) is 40.2. The van der Waals surface area contributed by atoms with Gasteiger partial charge in [0.25, 0.3) is 0 Å². The van der Waals surface area contributed by atoms with Crippen molar-refractivity contribution in [2.45, 2.75) is 245 Å². The topological polar surface area (TPSA) is 231 Å². The van der Waals surface area contributed by atoms with E-state index in [1.807, 2.05) is 18.2 Å². The third-order valence-electron chi connectivity index (χ3n) is 12.5. The van der Waals surface area contributed by atoms with E-state index in [2.05, 4.69) is 112 Å². The Balaban J connectivity index is 4.73. The lowest BCUT2D eigenvalue weighted by molar-refractivity contribution is -0.161. The van der Waals surface area contributed by atoms with Crippen LogP contribution in [0.4, 0.5) is 0 Å². The van der Waals surface area contributed by atoms with Gasteiger partial charge in [-0.25, -0.2) is 9.13 Å². The average Bonchev–Trinajstić information content (AvgIpc) is 3.46. The molecule has 5 atom stereocenters. The summed E-state index contributed by atoms with van der Waals surface area (Å²) in [6, 6.07) is 0. The van der Waals surface area contributed by atoms with Gasteiger partial charge in [-0.15, -0.1) is 0 Å². The lowest BCUT2D eigenvalue weighted by Gasteiger charge is -2.21. The molecule has 0 radical (unpaired) electrons. The van der Waals surface area contributed by atoms with Crippen LogP contribution in [-0.4, -0.2) is 95.9 Å². The van der Waals surface area contributed by atoms with Crippen LogP contribution >= 0.6 is 15.6 Å². The Kier molecular flexibility index (Phi) is 55.9. The molecule has 0 heterocycles. The van der Waals surface area contributed by atoms with Crippen molar-refractivity contribution in [1.29, 1.82) is 0 Å². The van der Waals surface area contributed by atoms with E-state index in [4.69, 9.17) is 32.3 Å². The van der Waals surface area contributed by atoms with E-state index >= 15 is 0 Å². The van der Waals surface area contributed by atoms with Gasteiger partial charge < -0.3 is 34.2 Å². The number of allylic oxidation sites excluding steroid dienone is 18. The molecule has 83 heavy (non-hydrogen) atoms. The molecule has 16 nitrogen and oxygen atoms in total. The van der Waals surface area contributed by atoms with Gasteiger partial charge in [0.15, 0.2) is 6.10 Å². The van der Waals surface area contributed by atoms with Crippen LogP contribution in [0.1, 0.15) is 226 Å². The van der Waals surface area contributed by atoms with Gasteiger partial charge in [-0.3, -0.25) is 32.5 Å². The molecule has 0 saturated heterocycles. The number of hydrogen-bond donors (Lipinski definition) is 4. The zero-order valence-corrected chi connectivity index (χ0v) is 52.9. The molecule has 0 aliphatic carbocycles. The maximum atomic E-state index is 12.9. The fourth-order valence-corrected chi connectivity index (χ4v) is 9.37. The van der Waals surface area contributed by atoms with Gasteiger partial charge in [-0.1, -0.05) is 226 Å². The number of phosphoric acid groups is 2. The number of esters is 3. The summed E-state index contributed by atoms with van der Waals surface area (Å²) in [6.45, 7) is 2.31. The molecule has 0 aromatic heterocycles. The molecule has 0 aromatic rings. The van der Waals surface area contributed by atoms with E-state index < -0.39 is 91.5 Å². The summed E-state index contributed by atoms with van der Waals surface area (Å²) < 4.78 is 60.6. The minimum atomic E-state index is -4.93. The molecular weight excluding hydrogens is 1100 g/mol. The smallest absolute Gasteiger partial charge is 0.463 e. The Morgan fingerprint density at radius 2 is 0.663 bits per heavy atom. The first-order valence-corrected chi connectivity index (χ1v) is 34.2. The molecule has 0 saturated carbocycles. The number of carbonyl (C=O) groups is 3. The fraction of sp³-hybridized carbons (Fsp3) is 0.677. The predicted octanol–water partition coefficient (Wildman–Crippen LogP) is 16.5. The van der Waals surface area contributed by atoms with Crippen LogP contribution in [0.25, 0.3) is 0 Å². The molecule has 0 bridgehead atoms. The summed E-state index contributed by atoms with van der Waals surface area (Å²) in [5.74, 6) is -1.68. The zero-order chi connectivity index (χ0) is 61.0. The van der Waals surface area contributed by atoms with E-state index in [1.165, 1.54) is 51.4 Å². The fourth-order valence-electron chi connectivity index (χ4n) is 7.79. The van der Waals surface area contributed by atoms with E-state index in [0.29, 0.717) is 25.7 Å². The molecule has 0 aliphatic heterocycles. The van der Waals surface area contributed by atoms with E-state index in [-0.39, 0.29) is 19.3 Å².